The lowest BCUT2D eigenvalue weighted by Crippen LogP contribution is -2.47. The number of morpholine rings is 1. The van der Waals surface area contributed by atoms with Crippen molar-refractivity contribution < 1.29 is 9.47 Å². The summed E-state index contributed by atoms with van der Waals surface area (Å²) in [5.74, 6) is 1.67. The predicted molar refractivity (Wildman–Crippen MR) is 115 cm³/mol. The number of guanidine groups is 1. The highest BCUT2D eigenvalue weighted by Crippen LogP contribution is 2.26. The fourth-order valence-electron chi connectivity index (χ4n) is 3.36. The fourth-order valence-corrected chi connectivity index (χ4v) is 4.22. The Kier molecular flexibility index (Phi) is 7.71. The molecule has 2 atom stereocenters. The van der Waals surface area contributed by atoms with Crippen molar-refractivity contribution in [1.82, 2.24) is 15.5 Å². The average Bonchev–Trinajstić information content (AvgIpc) is 3.25. The molecule has 1 saturated heterocycles. The van der Waals surface area contributed by atoms with E-state index in [2.05, 4.69) is 57.1 Å². The summed E-state index contributed by atoms with van der Waals surface area (Å²) in [4.78, 5) is 8.25. The molecular weight excluding hydrogens is 372 g/mol. The summed E-state index contributed by atoms with van der Waals surface area (Å²) < 4.78 is 10.9. The van der Waals surface area contributed by atoms with Crippen LogP contribution in [0.1, 0.15) is 23.4 Å². The van der Waals surface area contributed by atoms with Gasteiger partial charge in [0, 0.05) is 38.1 Å². The highest BCUT2D eigenvalue weighted by Gasteiger charge is 2.26. The van der Waals surface area contributed by atoms with Gasteiger partial charge in [0.25, 0.3) is 0 Å². The second kappa shape index (κ2) is 10.5. The van der Waals surface area contributed by atoms with E-state index in [9.17, 15) is 0 Å². The molecule has 0 aliphatic carbocycles. The van der Waals surface area contributed by atoms with Crippen molar-refractivity contribution in [2.75, 3.05) is 40.4 Å². The highest BCUT2D eigenvalue weighted by atomic mass is 32.1. The molecule has 2 aromatic rings. The lowest BCUT2D eigenvalue weighted by molar-refractivity contribution is -0.0334. The first-order valence-electron chi connectivity index (χ1n) is 9.66. The van der Waals surface area contributed by atoms with Crippen molar-refractivity contribution in [2.24, 2.45) is 4.99 Å². The summed E-state index contributed by atoms with van der Waals surface area (Å²) in [5, 5.41) is 9.04. The van der Waals surface area contributed by atoms with Crippen LogP contribution in [0.3, 0.4) is 0 Å². The van der Waals surface area contributed by atoms with E-state index in [0.29, 0.717) is 12.6 Å². The fraction of sp³-hybridized carbons (Fsp3) is 0.476. The van der Waals surface area contributed by atoms with Crippen LogP contribution in [-0.4, -0.2) is 57.4 Å². The summed E-state index contributed by atoms with van der Waals surface area (Å²) >= 11 is 1.80. The van der Waals surface area contributed by atoms with Gasteiger partial charge in [-0.2, -0.15) is 0 Å². The zero-order chi connectivity index (χ0) is 19.8. The van der Waals surface area contributed by atoms with Gasteiger partial charge < -0.3 is 20.1 Å². The summed E-state index contributed by atoms with van der Waals surface area (Å²) in [7, 11) is 3.48. The van der Waals surface area contributed by atoms with Crippen LogP contribution in [0.15, 0.2) is 46.8 Å². The zero-order valence-electron chi connectivity index (χ0n) is 16.9. The van der Waals surface area contributed by atoms with Gasteiger partial charge in [0.1, 0.15) is 5.75 Å². The highest BCUT2D eigenvalue weighted by molar-refractivity contribution is 7.10. The van der Waals surface area contributed by atoms with Crippen LogP contribution in [-0.2, 0) is 11.3 Å². The smallest absolute Gasteiger partial charge is 0.191 e. The van der Waals surface area contributed by atoms with Crippen molar-refractivity contribution in [1.29, 1.82) is 0 Å². The third-order valence-corrected chi connectivity index (χ3v) is 5.86. The Balaban J connectivity index is 1.57. The summed E-state index contributed by atoms with van der Waals surface area (Å²) in [6, 6.07) is 12.7. The van der Waals surface area contributed by atoms with Gasteiger partial charge in [0.15, 0.2) is 5.96 Å². The van der Waals surface area contributed by atoms with Gasteiger partial charge in [-0.15, -0.1) is 11.3 Å². The molecule has 152 valence electrons. The number of hydrogen-bond acceptors (Lipinski definition) is 5. The minimum absolute atomic E-state index is 0.267. The van der Waals surface area contributed by atoms with E-state index in [0.717, 1.165) is 38.0 Å². The van der Waals surface area contributed by atoms with Gasteiger partial charge in [-0.1, -0.05) is 18.2 Å². The monoisotopic (exact) mass is 402 g/mol. The van der Waals surface area contributed by atoms with Crippen LogP contribution in [0.25, 0.3) is 0 Å². The normalized spacial score (nSPS) is 19.2. The maximum absolute atomic E-state index is 5.72. The van der Waals surface area contributed by atoms with E-state index in [-0.39, 0.29) is 6.10 Å². The molecule has 7 heteroatoms. The van der Waals surface area contributed by atoms with Gasteiger partial charge in [0.05, 0.1) is 25.9 Å². The lowest BCUT2D eigenvalue weighted by atomic mass is 10.1. The van der Waals surface area contributed by atoms with Crippen LogP contribution in [0.2, 0.25) is 0 Å². The summed E-state index contributed by atoms with van der Waals surface area (Å²) in [5.41, 5.74) is 1.18. The minimum Gasteiger partial charge on any atom is -0.497 e. The third kappa shape index (κ3) is 5.70. The molecule has 2 N–H and O–H groups in total. The number of benzene rings is 1. The lowest BCUT2D eigenvalue weighted by Gasteiger charge is -2.37. The Morgan fingerprint density at radius 2 is 2.14 bits per heavy atom. The molecule has 0 spiro atoms. The molecule has 2 unspecified atom stereocenters. The molecule has 1 aromatic heterocycles. The van der Waals surface area contributed by atoms with Crippen LogP contribution in [0.4, 0.5) is 0 Å². The molecule has 1 aliphatic heterocycles. The van der Waals surface area contributed by atoms with Gasteiger partial charge in [-0.25, -0.2) is 0 Å². The molecule has 1 aromatic carbocycles. The maximum atomic E-state index is 5.72. The molecule has 0 amide bonds. The Hall–Kier alpha value is -2.09. The second-order valence-corrected chi connectivity index (χ2v) is 7.84. The molecule has 1 fully saturated rings. The molecule has 6 nitrogen and oxygen atoms in total. The number of rotatable bonds is 7. The van der Waals surface area contributed by atoms with E-state index >= 15 is 0 Å². The van der Waals surface area contributed by atoms with Crippen LogP contribution < -0.4 is 15.4 Å². The first kappa shape index (κ1) is 20.6. The molecule has 3 rings (SSSR count). The molecule has 0 saturated carbocycles. The van der Waals surface area contributed by atoms with Crippen LogP contribution >= 0.6 is 11.3 Å². The number of aliphatic imine (C=N–C) groups is 1. The van der Waals surface area contributed by atoms with E-state index in [1.54, 1.807) is 25.5 Å². The standard InChI is InChI=1S/C21H30N4O2S/c1-16-15-25(10-11-27-16)19(20-5-4-12-28-20)14-24-21(22-2)23-13-17-6-8-18(26-3)9-7-17/h4-9,12,16,19H,10-11,13-15H2,1-3H3,(H2,22,23,24). The van der Waals surface area contributed by atoms with Gasteiger partial charge >= 0.3 is 0 Å². The van der Waals surface area contributed by atoms with Crippen LogP contribution in [0, 0.1) is 0 Å². The number of nitrogens with zero attached hydrogens (tertiary/aromatic N) is 2. The number of thiophene rings is 1. The first-order valence-corrected chi connectivity index (χ1v) is 10.5. The third-order valence-electron chi connectivity index (χ3n) is 4.89. The molecular formula is C21H30N4O2S. The topological polar surface area (TPSA) is 58.1 Å². The van der Waals surface area contributed by atoms with Crippen molar-refractivity contribution in [3.8, 4) is 5.75 Å². The summed E-state index contributed by atoms with van der Waals surface area (Å²) in [6.07, 6.45) is 0.267. The van der Waals surface area contributed by atoms with Gasteiger partial charge in [-0.05, 0) is 36.1 Å². The van der Waals surface area contributed by atoms with Crippen molar-refractivity contribution in [3.63, 3.8) is 0 Å². The zero-order valence-corrected chi connectivity index (χ0v) is 17.7. The molecule has 0 bridgehead atoms. The SMILES string of the molecule is CN=C(NCc1ccc(OC)cc1)NCC(c1cccs1)N1CCOC(C)C1. The van der Waals surface area contributed by atoms with E-state index in [4.69, 9.17) is 9.47 Å². The Bertz CT molecular complexity index is 733. The van der Waals surface area contributed by atoms with Crippen LogP contribution in [0.5, 0.6) is 5.75 Å². The van der Waals surface area contributed by atoms with Crippen molar-refractivity contribution in [3.05, 3.63) is 52.2 Å². The largest absolute Gasteiger partial charge is 0.497 e. The second-order valence-electron chi connectivity index (χ2n) is 6.86. The quantitative estimate of drug-likeness (QED) is 0.551. The van der Waals surface area contributed by atoms with Gasteiger partial charge in [0.2, 0.25) is 0 Å². The van der Waals surface area contributed by atoms with E-state index in [1.165, 1.54) is 10.4 Å². The first-order chi connectivity index (χ1) is 13.7. The molecule has 0 radical (unpaired) electrons. The van der Waals surface area contributed by atoms with E-state index < -0.39 is 0 Å². The van der Waals surface area contributed by atoms with E-state index in [1.807, 2.05) is 12.1 Å². The number of ether oxygens (including phenoxy) is 2. The number of nitrogens with one attached hydrogen (secondary N) is 2. The minimum atomic E-state index is 0.267. The molecule has 2 heterocycles. The Morgan fingerprint density at radius 3 is 2.79 bits per heavy atom. The average molecular weight is 403 g/mol. The van der Waals surface area contributed by atoms with Gasteiger partial charge in [-0.3, -0.25) is 9.89 Å². The maximum Gasteiger partial charge on any atom is 0.191 e. The van der Waals surface area contributed by atoms with Crippen molar-refractivity contribution in [2.45, 2.75) is 25.6 Å². The van der Waals surface area contributed by atoms with Crippen molar-refractivity contribution >= 4 is 17.3 Å². The number of hydrogen-bond donors (Lipinski definition) is 2. The molecule has 1 aliphatic rings. The summed E-state index contributed by atoms with van der Waals surface area (Å²) in [6.45, 7) is 6.33. The number of methoxy groups -OCH3 is 1. The molecule has 28 heavy (non-hydrogen) atoms. The Labute approximate surface area is 171 Å². The Morgan fingerprint density at radius 1 is 1.32 bits per heavy atom. The predicted octanol–water partition coefficient (Wildman–Crippen LogP) is 2.88.